The standard InChI is InChI=1S/C19H19BrN4O/c1-13-19(14(2)24(23-13)17-6-4-3-5-7-17)22-18(25)12-21-16-10-8-15(20)9-11-16/h3-11,21H,12H2,1-2H3,(H,22,25). The molecule has 0 radical (unpaired) electrons. The molecule has 1 amide bonds. The maximum atomic E-state index is 12.3. The smallest absolute Gasteiger partial charge is 0.243 e. The highest BCUT2D eigenvalue weighted by Gasteiger charge is 2.15. The Labute approximate surface area is 155 Å². The van der Waals surface area contributed by atoms with Crippen LogP contribution >= 0.6 is 15.9 Å². The highest BCUT2D eigenvalue weighted by atomic mass is 79.9. The lowest BCUT2D eigenvalue weighted by molar-refractivity contribution is -0.114. The SMILES string of the molecule is Cc1nn(-c2ccccc2)c(C)c1NC(=O)CNc1ccc(Br)cc1. The number of hydrogen-bond acceptors (Lipinski definition) is 3. The average Bonchev–Trinajstić information content (AvgIpc) is 2.90. The zero-order valence-corrected chi connectivity index (χ0v) is 15.7. The summed E-state index contributed by atoms with van der Waals surface area (Å²) in [7, 11) is 0. The molecular formula is C19H19BrN4O. The predicted octanol–water partition coefficient (Wildman–Crippen LogP) is 4.30. The van der Waals surface area contributed by atoms with Gasteiger partial charge in [-0.2, -0.15) is 5.10 Å². The van der Waals surface area contributed by atoms with Crippen molar-refractivity contribution in [3.8, 4) is 5.69 Å². The van der Waals surface area contributed by atoms with E-state index in [0.29, 0.717) is 0 Å². The molecule has 128 valence electrons. The van der Waals surface area contributed by atoms with Crippen molar-refractivity contribution in [2.75, 3.05) is 17.2 Å². The van der Waals surface area contributed by atoms with Crippen LogP contribution in [0.25, 0.3) is 5.69 Å². The first-order valence-electron chi connectivity index (χ1n) is 7.95. The van der Waals surface area contributed by atoms with Gasteiger partial charge in [0, 0.05) is 10.2 Å². The van der Waals surface area contributed by atoms with Crippen LogP contribution in [-0.4, -0.2) is 22.2 Å². The molecule has 0 unspecified atom stereocenters. The number of hydrogen-bond donors (Lipinski definition) is 2. The second kappa shape index (κ2) is 7.53. The average molecular weight is 399 g/mol. The Hall–Kier alpha value is -2.60. The number of aromatic nitrogens is 2. The van der Waals surface area contributed by atoms with Crippen molar-refractivity contribution in [2.24, 2.45) is 0 Å². The molecule has 0 atom stereocenters. The molecule has 3 aromatic rings. The second-order valence-electron chi connectivity index (χ2n) is 5.70. The third kappa shape index (κ3) is 4.09. The van der Waals surface area contributed by atoms with E-state index < -0.39 is 0 Å². The number of carbonyl (C=O) groups excluding carboxylic acids is 1. The fourth-order valence-electron chi connectivity index (χ4n) is 2.58. The molecule has 1 aromatic heterocycles. The molecule has 0 saturated carbocycles. The fourth-order valence-corrected chi connectivity index (χ4v) is 2.84. The van der Waals surface area contributed by atoms with Crippen LogP contribution in [0.3, 0.4) is 0 Å². The summed E-state index contributed by atoms with van der Waals surface area (Å²) >= 11 is 3.39. The second-order valence-corrected chi connectivity index (χ2v) is 6.62. The maximum absolute atomic E-state index is 12.3. The third-order valence-electron chi connectivity index (χ3n) is 3.85. The van der Waals surface area contributed by atoms with Gasteiger partial charge in [-0.3, -0.25) is 4.79 Å². The predicted molar refractivity (Wildman–Crippen MR) is 104 cm³/mol. The van der Waals surface area contributed by atoms with E-state index in [1.807, 2.05) is 73.1 Å². The summed E-state index contributed by atoms with van der Waals surface area (Å²) in [4.78, 5) is 12.3. The molecule has 0 aliphatic heterocycles. The van der Waals surface area contributed by atoms with Crippen LogP contribution in [0.4, 0.5) is 11.4 Å². The minimum absolute atomic E-state index is 0.110. The molecule has 0 saturated heterocycles. The van der Waals surface area contributed by atoms with E-state index in [2.05, 4.69) is 31.7 Å². The van der Waals surface area contributed by atoms with Crippen LogP contribution in [0.2, 0.25) is 0 Å². The lowest BCUT2D eigenvalue weighted by Gasteiger charge is -2.09. The molecular weight excluding hydrogens is 380 g/mol. The molecule has 2 aromatic carbocycles. The van der Waals surface area contributed by atoms with Gasteiger partial charge >= 0.3 is 0 Å². The Bertz CT molecular complexity index is 872. The molecule has 1 heterocycles. The van der Waals surface area contributed by atoms with Gasteiger partial charge in [0.25, 0.3) is 0 Å². The summed E-state index contributed by atoms with van der Waals surface area (Å²) < 4.78 is 2.84. The summed E-state index contributed by atoms with van der Waals surface area (Å²) in [5, 5.41) is 10.6. The number of anilines is 2. The molecule has 2 N–H and O–H groups in total. The van der Waals surface area contributed by atoms with Gasteiger partial charge in [-0.05, 0) is 50.2 Å². The molecule has 0 aliphatic carbocycles. The number of para-hydroxylation sites is 1. The Kier molecular flexibility index (Phi) is 5.19. The summed E-state index contributed by atoms with van der Waals surface area (Å²) in [5.41, 5.74) is 4.31. The number of amides is 1. The van der Waals surface area contributed by atoms with Gasteiger partial charge in [-0.25, -0.2) is 4.68 Å². The van der Waals surface area contributed by atoms with E-state index in [1.165, 1.54) is 0 Å². The highest BCUT2D eigenvalue weighted by Crippen LogP contribution is 2.22. The molecule has 0 fully saturated rings. The van der Waals surface area contributed by atoms with E-state index in [9.17, 15) is 4.79 Å². The summed E-state index contributed by atoms with van der Waals surface area (Å²) in [6, 6.07) is 17.6. The van der Waals surface area contributed by atoms with Gasteiger partial charge < -0.3 is 10.6 Å². The number of aryl methyl sites for hydroxylation is 1. The molecule has 0 bridgehead atoms. The first-order valence-corrected chi connectivity index (χ1v) is 8.75. The summed E-state index contributed by atoms with van der Waals surface area (Å²) in [5.74, 6) is -0.110. The van der Waals surface area contributed by atoms with Crippen molar-refractivity contribution < 1.29 is 4.79 Å². The van der Waals surface area contributed by atoms with E-state index in [4.69, 9.17) is 0 Å². The van der Waals surface area contributed by atoms with Crippen LogP contribution in [0.1, 0.15) is 11.4 Å². The number of nitrogens with one attached hydrogen (secondary N) is 2. The van der Waals surface area contributed by atoms with Crippen molar-refractivity contribution in [1.29, 1.82) is 0 Å². The molecule has 0 aliphatic rings. The van der Waals surface area contributed by atoms with Gasteiger partial charge in [-0.1, -0.05) is 34.1 Å². The van der Waals surface area contributed by atoms with Crippen LogP contribution in [0, 0.1) is 13.8 Å². The summed E-state index contributed by atoms with van der Waals surface area (Å²) in [6.45, 7) is 4.03. The van der Waals surface area contributed by atoms with Crippen LogP contribution in [0.15, 0.2) is 59.1 Å². The number of carbonyl (C=O) groups is 1. The fraction of sp³-hybridized carbons (Fsp3) is 0.158. The van der Waals surface area contributed by atoms with E-state index in [0.717, 1.165) is 32.9 Å². The molecule has 6 heteroatoms. The number of halogens is 1. The minimum atomic E-state index is -0.110. The highest BCUT2D eigenvalue weighted by molar-refractivity contribution is 9.10. The Balaban J connectivity index is 1.69. The number of rotatable bonds is 5. The summed E-state index contributed by atoms with van der Waals surface area (Å²) in [6.07, 6.45) is 0. The molecule has 0 spiro atoms. The van der Waals surface area contributed by atoms with Crippen molar-refractivity contribution in [3.05, 3.63) is 70.5 Å². The van der Waals surface area contributed by atoms with E-state index >= 15 is 0 Å². The van der Waals surface area contributed by atoms with Gasteiger partial charge in [0.15, 0.2) is 0 Å². The van der Waals surface area contributed by atoms with Crippen LogP contribution in [-0.2, 0) is 4.79 Å². The quantitative estimate of drug-likeness (QED) is 0.673. The van der Waals surface area contributed by atoms with Crippen molar-refractivity contribution >= 4 is 33.2 Å². The van der Waals surface area contributed by atoms with Gasteiger partial charge in [0.2, 0.25) is 5.91 Å². The topological polar surface area (TPSA) is 59.0 Å². The van der Waals surface area contributed by atoms with E-state index in [-0.39, 0.29) is 12.5 Å². The lowest BCUT2D eigenvalue weighted by atomic mass is 10.3. The first-order chi connectivity index (χ1) is 12.0. The van der Waals surface area contributed by atoms with Crippen molar-refractivity contribution in [1.82, 2.24) is 9.78 Å². The Morgan fingerprint density at radius 2 is 1.76 bits per heavy atom. The first kappa shape index (κ1) is 17.2. The third-order valence-corrected chi connectivity index (χ3v) is 4.38. The van der Waals surface area contributed by atoms with Crippen molar-refractivity contribution in [3.63, 3.8) is 0 Å². The largest absolute Gasteiger partial charge is 0.376 e. The molecule has 3 rings (SSSR count). The van der Waals surface area contributed by atoms with Gasteiger partial charge in [0.05, 0.1) is 29.3 Å². The van der Waals surface area contributed by atoms with Crippen molar-refractivity contribution in [2.45, 2.75) is 13.8 Å². The number of nitrogens with zero attached hydrogens (tertiary/aromatic N) is 2. The van der Waals surface area contributed by atoms with Crippen LogP contribution in [0.5, 0.6) is 0 Å². The van der Waals surface area contributed by atoms with Crippen LogP contribution < -0.4 is 10.6 Å². The minimum Gasteiger partial charge on any atom is -0.376 e. The van der Waals surface area contributed by atoms with E-state index in [1.54, 1.807) is 0 Å². The van der Waals surface area contributed by atoms with Gasteiger partial charge in [0.1, 0.15) is 0 Å². The Morgan fingerprint density at radius 3 is 2.44 bits per heavy atom. The maximum Gasteiger partial charge on any atom is 0.243 e. The monoisotopic (exact) mass is 398 g/mol. The number of benzene rings is 2. The zero-order valence-electron chi connectivity index (χ0n) is 14.1. The zero-order chi connectivity index (χ0) is 17.8. The normalized spacial score (nSPS) is 10.5. The Morgan fingerprint density at radius 1 is 1.08 bits per heavy atom. The molecule has 5 nitrogen and oxygen atoms in total. The molecule has 25 heavy (non-hydrogen) atoms. The lowest BCUT2D eigenvalue weighted by Crippen LogP contribution is -2.22. The van der Waals surface area contributed by atoms with Gasteiger partial charge in [-0.15, -0.1) is 0 Å².